The molecule has 6 nitrogen and oxygen atoms in total. The molecule has 0 radical (unpaired) electrons. The fraction of sp³-hybridized carbons (Fsp3) is 0.278. The molecule has 0 bridgehead atoms. The van der Waals surface area contributed by atoms with Gasteiger partial charge >= 0.3 is 0 Å². The molecule has 134 valence electrons. The van der Waals surface area contributed by atoms with Crippen molar-refractivity contribution < 1.29 is 17.9 Å². The highest BCUT2D eigenvalue weighted by Gasteiger charge is 2.29. The number of nitrogens with zero attached hydrogens (tertiary/aromatic N) is 1. The number of benzene rings is 2. The molecule has 1 atom stereocenters. The van der Waals surface area contributed by atoms with Crippen LogP contribution in [0.4, 0.5) is 11.4 Å². The number of para-hydroxylation sites is 2. The van der Waals surface area contributed by atoms with Crippen LogP contribution in [-0.4, -0.2) is 33.7 Å². The number of carbonyl (C=O) groups excluding carboxylic acids is 1. The number of sulfonamides is 1. The van der Waals surface area contributed by atoms with Crippen molar-refractivity contribution in [3.8, 4) is 5.75 Å². The van der Waals surface area contributed by atoms with Gasteiger partial charge in [-0.05, 0) is 43.7 Å². The normalized spacial score (nSPS) is 12.3. The minimum Gasteiger partial charge on any atom is -0.495 e. The number of hydrogen-bond donors (Lipinski definition) is 1. The summed E-state index contributed by atoms with van der Waals surface area (Å²) in [6.07, 6.45) is 1.09. The maximum absolute atomic E-state index is 12.7. The van der Waals surface area contributed by atoms with Crippen LogP contribution in [0, 0.1) is 6.92 Å². The summed E-state index contributed by atoms with van der Waals surface area (Å²) < 4.78 is 30.9. The lowest BCUT2D eigenvalue weighted by Gasteiger charge is -2.28. The molecule has 2 rings (SSSR count). The number of hydrogen-bond acceptors (Lipinski definition) is 4. The Morgan fingerprint density at radius 3 is 2.44 bits per heavy atom. The van der Waals surface area contributed by atoms with Crippen molar-refractivity contribution in [2.24, 2.45) is 0 Å². The first-order chi connectivity index (χ1) is 11.7. The molecule has 0 spiro atoms. The molecule has 2 aromatic carbocycles. The van der Waals surface area contributed by atoms with Gasteiger partial charge in [-0.2, -0.15) is 0 Å². The minimum absolute atomic E-state index is 0.448. The van der Waals surface area contributed by atoms with Crippen LogP contribution in [0.25, 0.3) is 0 Å². The molecule has 0 saturated heterocycles. The zero-order valence-corrected chi connectivity index (χ0v) is 15.5. The van der Waals surface area contributed by atoms with Gasteiger partial charge in [0, 0.05) is 0 Å². The molecule has 0 aliphatic carbocycles. The number of nitrogens with one attached hydrogen (secondary N) is 1. The smallest absolute Gasteiger partial charge is 0.248 e. The predicted octanol–water partition coefficient (Wildman–Crippen LogP) is 2.80. The van der Waals surface area contributed by atoms with Gasteiger partial charge in [-0.25, -0.2) is 8.42 Å². The highest BCUT2D eigenvalue weighted by molar-refractivity contribution is 7.92. The van der Waals surface area contributed by atoms with E-state index < -0.39 is 22.0 Å². The fourth-order valence-electron chi connectivity index (χ4n) is 2.56. The third kappa shape index (κ3) is 4.51. The summed E-state index contributed by atoms with van der Waals surface area (Å²) in [5, 5.41) is 2.73. The van der Waals surface area contributed by atoms with E-state index in [0.29, 0.717) is 17.1 Å². The molecular weight excluding hydrogens is 340 g/mol. The van der Waals surface area contributed by atoms with Gasteiger partial charge in [-0.1, -0.05) is 24.3 Å². The van der Waals surface area contributed by atoms with Crippen LogP contribution in [0.5, 0.6) is 5.75 Å². The Morgan fingerprint density at radius 1 is 1.16 bits per heavy atom. The Bertz CT molecular complexity index is 865. The largest absolute Gasteiger partial charge is 0.495 e. The maximum atomic E-state index is 12.7. The molecule has 0 aliphatic heterocycles. The lowest BCUT2D eigenvalue weighted by molar-refractivity contribution is -0.116. The molecule has 25 heavy (non-hydrogen) atoms. The van der Waals surface area contributed by atoms with Gasteiger partial charge in [0.25, 0.3) is 0 Å². The number of rotatable bonds is 6. The first-order valence-corrected chi connectivity index (χ1v) is 9.59. The molecular formula is C18H22N2O4S. The molecule has 0 aromatic heterocycles. The number of amides is 1. The molecule has 1 amide bonds. The van der Waals surface area contributed by atoms with E-state index in [-0.39, 0.29) is 0 Å². The number of anilines is 2. The van der Waals surface area contributed by atoms with Gasteiger partial charge in [-0.15, -0.1) is 0 Å². The molecule has 0 fully saturated rings. The van der Waals surface area contributed by atoms with E-state index in [0.717, 1.165) is 16.1 Å². The quantitative estimate of drug-likeness (QED) is 0.857. The van der Waals surface area contributed by atoms with Crippen molar-refractivity contribution in [1.82, 2.24) is 0 Å². The Hall–Kier alpha value is -2.54. The van der Waals surface area contributed by atoms with Crippen molar-refractivity contribution in [2.45, 2.75) is 19.9 Å². The summed E-state index contributed by atoms with van der Waals surface area (Å²) in [7, 11) is -2.14. The van der Waals surface area contributed by atoms with Crippen molar-refractivity contribution in [3.63, 3.8) is 0 Å². The van der Waals surface area contributed by atoms with Crippen LogP contribution in [0.1, 0.15) is 12.5 Å². The van der Waals surface area contributed by atoms with Crippen molar-refractivity contribution in [2.75, 3.05) is 23.0 Å². The summed E-state index contributed by atoms with van der Waals surface area (Å²) >= 11 is 0. The van der Waals surface area contributed by atoms with Crippen LogP contribution in [0.2, 0.25) is 0 Å². The number of carbonyl (C=O) groups is 1. The topological polar surface area (TPSA) is 75.7 Å². The Balaban J connectivity index is 2.33. The van der Waals surface area contributed by atoms with Crippen molar-refractivity contribution in [3.05, 3.63) is 54.1 Å². The van der Waals surface area contributed by atoms with Crippen LogP contribution in [-0.2, 0) is 14.8 Å². The second kappa shape index (κ2) is 7.57. The van der Waals surface area contributed by atoms with Crippen molar-refractivity contribution >= 4 is 27.3 Å². The third-order valence-electron chi connectivity index (χ3n) is 3.71. The van der Waals surface area contributed by atoms with Crippen LogP contribution in [0.3, 0.4) is 0 Å². The summed E-state index contributed by atoms with van der Waals surface area (Å²) in [4.78, 5) is 12.7. The lowest BCUT2D eigenvalue weighted by Crippen LogP contribution is -2.45. The molecule has 2 aromatic rings. The van der Waals surface area contributed by atoms with Crippen molar-refractivity contribution in [1.29, 1.82) is 0 Å². The molecule has 0 aliphatic rings. The van der Waals surface area contributed by atoms with E-state index in [4.69, 9.17) is 4.74 Å². The zero-order valence-electron chi connectivity index (χ0n) is 14.7. The summed E-state index contributed by atoms with van der Waals surface area (Å²) in [5.74, 6) is 0.0564. The van der Waals surface area contributed by atoms with Crippen LogP contribution in [0.15, 0.2) is 48.5 Å². The average Bonchev–Trinajstić information content (AvgIpc) is 2.54. The van der Waals surface area contributed by atoms with Gasteiger partial charge in [0.1, 0.15) is 11.8 Å². The molecule has 0 unspecified atom stereocenters. The number of methoxy groups -OCH3 is 1. The summed E-state index contributed by atoms with van der Waals surface area (Å²) in [6, 6.07) is 13.1. The first-order valence-electron chi connectivity index (χ1n) is 7.74. The standard InChI is InChI=1S/C18H22N2O4S/c1-13-8-7-9-15(12-13)20(25(4,22)23)14(2)18(21)19-16-10-5-6-11-17(16)24-3/h5-12,14H,1-4H3,(H,19,21)/t14-/m0/s1. The molecule has 7 heteroatoms. The molecule has 1 N–H and O–H groups in total. The van der Waals surface area contributed by atoms with E-state index in [1.165, 1.54) is 7.11 Å². The number of ether oxygens (including phenoxy) is 1. The van der Waals surface area contributed by atoms with Gasteiger partial charge in [0.05, 0.1) is 24.7 Å². The first kappa shape index (κ1) is 18.8. The summed E-state index contributed by atoms with van der Waals surface area (Å²) in [5.41, 5.74) is 1.84. The van der Waals surface area contributed by atoms with Gasteiger partial charge < -0.3 is 10.1 Å². The summed E-state index contributed by atoms with van der Waals surface area (Å²) in [6.45, 7) is 3.41. The van der Waals surface area contributed by atoms with E-state index in [1.54, 1.807) is 49.4 Å². The average molecular weight is 362 g/mol. The molecule has 0 saturated carbocycles. The van der Waals surface area contributed by atoms with Crippen LogP contribution < -0.4 is 14.4 Å². The molecule has 0 heterocycles. The van der Waals surface area contributed by atoms with E-state index in [9.17, 15) is 13.2 Å². The Kier molecular flexibility index (Phi) is 5.69. The van der Waals surface area contributed by atoms with Gasteiger partial charge in [0.2, 0.25) is 15.9 Å². The fourth-order valence-corrected chi connectivity index (χ4v) is 3.73. The monoisotopic (exact) mass is 362 g/mol. The Morgan fingerprint density at radius 2 is 1.84 bits per heavy atom. The second-order valence-corrected chi connectivity index (χ2v) is 7.62. The lowest BCUT2D eigenvalue weighted by atomic mass is 10.2. The zero-order chi connectivity index (χ0) is 18.6. The highest BCUT2D eigenvalue weighted by atomic mass is 32.2. The SMILES string of the molecule is COc1ccccc1NC(=O)[C@H](C)N(c1cccc(C)c1)S(C)(=O)=O. The van der Waals surface area contributed by atoms with Gasteiger partial charge in [-0.3, -0.25) is 9.10 Å². The minimum atomic E-state index is -3.65. The predicted molar refractivity (Wildman–Crippen MR) is 99.6 cm³/mol. The van der Waals surface area contributed by atoms with Crippen LogP contribution >= 0.6 is 0 Å². The highest BCUT2D eigenvalue weighted by Crippen LogP contribution is 2.26. The number of aryl methyl sites for hydroxylation is 1. The maximum Gasteiger partial charge on any atom is 0.248 e. The Labute approximate surface area is 148 Å². The van der Waals surface area contributed by atoms with E-state index in [2.05, 4.69) is 5.32 Å². The third-order valence-corrected chi connectivity index (χ3v) is 4.95. The van der Waals surface area contributed by atoms with E-state index >= 15 is 0 Å². The van der Waals surface area contributed by atoms with Gasteiger partial charge in [0.15, 0.2) is 0 Å². The second-order valence-electron chi connectivity index (χ2n) is 5.76. The van der Waals surface area contributed by atoms with E-state index in [1.807, 2.05) is 13.0 Å².